The smallest absolute Gasteiger partial charge is 0.412 e. The summed E-state index contributed by atoms with van der Waals surface area (Å²) in [5.41, 5.74) is 0. The van der Waals surface area contributed by atoms with Gasteiger partial charge in [-0.3, -0.25) is 0 Å². The van der Waals surface area contributed by atoms with E-state index in [2.05, 4.69) is 41.5 Å². The zero-order valence-electron chi connectivity index (χ0n) is 16.0. The molecular weight excluding hydrogens is 377 g/mol. The maximum atomic E-state index is 2.33. The van der Waals surface area contributed by atoms with Crippen LogP contribution >= 0.6 is 0 Å². The Kier molecular flexibility index (Phi) is 29.9. The summed E-state index contributed by atoms with van der Waals surface area (Å²) >= 11 is -0.972. The predicted octanol–water partition coefficient (Wildman–Crippen LogP) is 6.60. The van der Waals surface area contributed by atoms with Gasteiger partial charge in [0.2, 0.25) is 0 Å². The monoisotopic (exact) mass is 424 g/mol. The molecule has 0 rings (SSSR count). The van der Waals surface area contributed by atoms with Gasteiger partial charge < -0.3 is 5.48 Å². The van der Waals surface area contributed by atoms with Crippen LogP contribution < -0.4 is 0 Å². The molecule has 0 aromatic carbocycles. The average Bonchev–Trinajstić information content (AvgIpc) is 2.41. The van der Waals surface area contributed by atoms with Crippen molar-refractivity contribution in [2.24, 2.45) is 0 Å². The average molecular weight is 422 g/mol. The van der Waals surface area contributed by atoms with Crippen molar-refractivity contribution in [2.45, 2.75) is 112 Å². The van der Waals surface area contributed by atoms with Gasteiger partial charge in [0.25, 0.3) is 0 Å². The standard InChI is InChI=1S/2C9H21Ge.H2O/c2*1-4-7-10(8-5-2)9-6-3;/h2*4-9H2,1-3H3;1H2. The molecule has 0 unspecified atom stereocenters. The Balaban J connectivity index is -0.000000295. The Morgan fingerprint density at radius 3 is 0.619 bits per heavy atom. The fourth-order valence-corrected chi connectivity index (χ4v) is 14.9. The Bertz CT molecular complexity index is 119. The third-order valence-corrected chi connectivity index (χ3v) is 18.8. The van der Waals surface area contributed by atoms with E-state index in [1.165, 1.54) is 38.5 Å². The number of hydrogen-bond donors (Lipinski definition) is 0. The molecule has 21 heavy (non-hydrogen) atoms. The van der Waals surface area contributed by atoms with Gasteiger partial charge in [-0.1, -0.05) is 0 Å². The molecule has 0 atom stereocenters. The third-order valence-electron chi connectivity index (χ3n) is 3.62. The van der Waals surface area contributed by atoms with Gasteiger partial charge >= 0.3 is 140 Å². The predicted molar refractivity (Wildman–Crippen MR) is 106 cm³/mol. The van der Waals surface area contributed by atoms with Crippen molar-refractivity contribution < 1.29 is 5.48 Å². The second-order valence-electron chi connectivity index (χ2n) is 6.00. The van der Waals surface area contributed by atoms with Crippen LogP contribution in [0, 0.1) is 0 Å². The van der Waals surface area contributed by atoms with Crippen molar-refractivity contribution >= 4 is 28.7 Å². The summed E-state index contributed by atoms with van der Waals surface area (Å²) in [4.78, 5) is 0. The summed E-state index contributed by atoms with van der Waals surface area (Å²) in [6.45, 7) is 14.0. The first-order valence-electron chi connectivity index (χ1n) is 9.36. The van der Waals surface area contributed by atoms with Crippen LogP contribution in [0.5, 0.6) is 0 Å². The van der Waals surface area contributed by atoms with Crippen molar-refractivity contribution in [3.05, 3.63) is 0 Å². The summed E-state index contributed by atoms with van der Waals surface area (Å²) in [6, 6.07) is 0. The van der Waals surface area contributed by atoms with Crippen LogP contribution in [0.4, 0.5) is 0 Å². The van der Waals surface area contributed by atoms with E-state index in [1.54, 1.807) is 31.5 Å². The minimum absolute atomic E-state index is 0. The molecule has 0 aliphatic heterocycles. The molecule has 3 heteroatoms. The van der Waals surface area contributed by atoms with Gasteiger partial charge in [0, 0.05) is 0 Å². The first kappa shape index (κ1) is 26.9. The van der Waals surface area contributed by atoms with Gasteiger partial charge in [-0.15, -0.1) is 0 Å². The van der Waals surface area contributed by atoms with Gasteiger partial charge in [-0.2, -0.15) is 0 Å². The Hall–Kier alpha value is 1.05. The maximum Gasteiger partial charge on any atom is -0.412 e. The van der Waals surface area contributed by atoms with E-state index in [4.69, 9.17) is 0 Å². The van der Waals surface area contributed by atoms with Gasteiger partial charge in [0.1, 0.15) is 0 Å². The molecule has 0 fully saturated rings. The van der Waals surface area contributed by atoms with Gasteiger partial charge in [0.05, 0.1) is 0 Å². The van der Waals surface area contributed by atoms with Crippen molar-refractivity contribution in [1.82, 2.24) is 0 Å². The second kappa shape index (κ2) is 23.3. The van der Waals surface area contributed by atoms with Crippen molar-refractivity contribution in [1.29, 1.82) is 0 Å². The largest absolute Gasteiger partial charge is 0.412 e. The van der Waals surface area contributed by atoms with Crippen LogP contribution in [-0.4, -0.2) is 34.2 Å². The summed E-state index contributed by atoms with van der Waals surface area (Å²) in [7, 11) is 0. The summed E-state index contributed by atoms with van der Waals surface area (Å²) < 4.78 is 0. The van der Waals surface area contributed by atoms with E-state index in [9.17, 15) is 0 Å². The Morgan fingerprint density at radius 1 is 0.381 bits per heavy atom. The van der Waals surface area contributed by atoms with Gasteiger partial charge in [-0.25, -0.2) is 0 Å². The molecule has 0 aromatic heterocycles. The fraction of sp³-hybridized carbons (Fsp3) is 1.00. The van der Waals surface area contributed by atoms with Crippen molar-refractivity contribution in [2.75, 3.05) is 0 Å². The SMILES string of the molecule is CC[CH2][Ge]([CH2]CC)[CH2]CC.CC[CH2][Ge]([CH2]CC)[CH2]CC.O. The van der Waals surface area contributed by atoms with E-state index < -0.39 is 28.7 Å². The molecule has 1 nitrogen and oxygen atoms in total. The molecule has 0 saturated carbocycles. The molecule has 0 bridgehead atoms. The van der Waals surface area contributed by atoms with E-state index in [-0.39, 0.29) is 5.48 Å². The van der Waals surface area contributed by atoms with Crippen molar-refractivity contribution in [3.8, 4) is 0 Å². The first-order chi connectivity index (χ1) is 9.69. The first-order valence-corrected chi connectivity index (χ1v) is 18.3. The molecule has 0 heterocycles. The maximum absolute atomic E-state index is 2.33. The molecule has 2 N–H and O–H groups in total. The minimum atomic E-state index is -0.486. The number of rotatable bonds is 12. The number of hydrogen-bond acceptors (Lipinski definition) is 0. The van der Waals surface area contributed by atoms with Crippen LogP contribution in [0.1, 0.15) is 80.1 Å². The molecule has 130 valence electrons. The minimum Gasteiger partial charge on any atom is -0.412 e. The Morgan fingerprint density at radius 2 is 0.524 bits per heavy atom. The quantitative estimate of drug-likeness (QED) is 0.318. The summed E-state index contributed by atoms with van der Waals surface area (Å²) in [5.74, 6) is 0. The summed E-state index contributed by atoms with van der Waals surface area (Å²) in [6.07, 6.45) is 8.64. The molecule has 0 saturated heterocycles. The van der Waals surface area contributed by atoms with E-state index in [0.29, 0.717) is 0 Å². The normalized spacial score (nSPS) is 10.3. The molecule has 0 amide bonds. The van der Waals surface area contributed by atoms with E-state index in [0.717, 1.165) is 0 Å². The van der Waals surface area contributed by atoms with Crippen molar-refractivity contribution in [3.63, 3.8) is 0 Å². The topological polar surface area (TPSA) is 31.5 Å². The van der Waals surface area contributed by atoms with Gasteiger partial charge in [0.15, 0.2) is 0 Å². The Labute approximate surface area is 145 Å². The zero-order chi connectivity index (χ0) is 15.6. The molecule has 0 spiro atoms. The van der Waals surface area contributed by atoms with E-state index in [1.807, 2.05) is 0 Å². The third kappa shape index (κ3) is 21.0. The van der Waals surface area contributed by atoms with Gasteiger partial charge in [-0.05, 0) is 0 Å². The van der Waals surface area contributed by atoms with Crippen LogP contribution in [0.3, 0.4) is 0 Å². The van der Waals surface area contributed by atoms with Crippen LogP contribution in [0.15, 0.2) is 0 Å². The molecular formula is C18H44Ge2O. The molecule has 0 aromatic rings. The second-order valence-corrected chi connectivity index (χ2v) is 18.6. The zero-order valence-corrected chi connectivity index (χ0v) is 20.2. The molecule has 0 aliphatic carbocycles. The van der Waals surface area contributed by atoms with Crippen LogP contribution in [0.25, 0.3) is 0 Å². The summed E-state index contributed by atoms with van der Waals surface area (Å²) in [5, 5.41) is 9.68. The molecule has 2 radical (unpaired) electrons. The van der Waals surface area contributed by atoms with Crippen LogP contribution in [-0.2, 0) is 0 Å². The van der Waals surface area contributed by atoms with E-state index >= 15 is 0 Å². The van der Waals surface area contributed by atoms with Crippen LogP contribution in [0.2, 0.25) is 31.5 Å². The molecule has 0 aliphatic rings. The fourth-order valence-electron chi connectivity index (χ4n) is 2.87.